The van der Waals surface area contributed by atoms with Crippen molar-refractivity contribution >= 4 is 27.3 Å². The van der Waals surface area contributed by atoms with Gasteiger partial charge in [-0.3, -0.25) is 4.79 Å². The number of hydrogen-bond donors (Lipinski definition) is 0. The summed E-state index contributed by atoms with van der Waals surface area (Å²) >= 11 is 6.02. The number of nitrogens with zero attached hydrogens (tertiary/aromatic N) is 1. The Labute approximate surface area is 168 Å². The maximum Gasteiger partial charge on any atom is 0.253 e. The van der Waals surface area contributed by atoms with Crippen LogP contribution in [0.25, 0.3) is 11.1 Å². The highest BCUT2D eigenvalue weighted by Gasteiger charge is 2.40. The average molecular weight is 416 g/mol. The highest BCUT2D eigenvalue weighted by Crippen LogP contribution is 2.25. The van der Waals surface area contributed by atoms with Gasteiger partial charge in [0.25, 0.3) is 5.91 Å². The molecule has 1 aromatic heterocycles. The molecule has 28 heavy (non-hydrogen) atoms. The molecule has 1 amide bonds. The summed E-state index contributed by atoms with van der Waals surface area (Å²) in [5.74, 6) is 0.115. The van der Waals surface area contributed by atoms with E-state index in [1.807, 2.05) is 36.4 Å². The third kappa shape index (κ3) is 3.84. The third-order valence-electron chi connectivity index (χ3n) is 4.86. The van der Waals surface area contributed by atoms with Gasteiger partial charge in [0, 0.05) is 23.7 Å². The Morgan fingerprint density at radius 1 is 1.04 bits per heavy atom. The van der Waals surface area contributed by atoms with Gasteiger partial charge in [-0.25, -0.2) is 8.42 Å². The molecule has 1 fully saturated rings. The molecule has 0 atom stereocenters. The fourth-order valence-electron chi connectivity index (χ4n) is 3.20. The molecule has 0 bridgehead atoms. The molecule has 1 saturated heterocycles. The van der Waals surface area contributed by atoms with Crippen LogP contribution in [0.3, 0.4) is 0 Å². The number of hydrogen-bond acceptors (Lipinski definition) is 4. The predicted octanol–water partition coefficient (Wildman–Crippen LogP) is 4.04. The number of rotatable bonds is 5. The van der Waals surface area contributed by atoms with Gasteiger partial charge in [-0.15, -0.1) is 0 Å². The smallest absolute Gasteiger partial charge is 0.253 e. The second-order valence-corrected chi connectivity index (χ2v) is 9.52. The lowest BCUT2D eigenvalue weighted by atomic mass is 10.0. The van der Waals surface area contributed by atoms with E-state index in [0.29, 0.717) is 16.3 Å². The summed E-state index contributed by atoms with van der Waals surface area (Å²) < 4.78 is 29.9. The Morgan fingerprint density at radius 2 is 1.79 bits per heavy atom. The lowest BCUT2D eigenvalue weighted by molar-refractivity contribution is 0.0659. The van der Waals surface area contributed by atoms with Crippen molar-refractivity contribution < 1.29 is 17.6 Å². The van der Waals surface area contributed by atoms with Gasteiger partial charge in [0.05, 0.1) is 11.5 Å². The number of halogens is 1. The van der Waals surface area contributed by atoms with Gasteiger partial charge in [-0.1, -0.05) is 35.9 Å². The minimum Gasteiger partial charge on any atom is -0.468 e. The number of sulfone groups is 1. The summed E-state index contributed by atoms with van der Waals surface area (Å²) in [6, 6.07) is 18.0. The first-order valence-corrected chi connectivity index (χ1v) is 10.9. The van der Waals surface area contributed by atoms with E-state index >= 15 is 0 Å². The predicted molar refractivity (Wildman–Crippen MR) is 108 cm³/mol. The van der Waals surface area contributed by atoms with E-state index in [1.165, 1.54) is 6.26 Å². The Morgan fingerprint density at radius 3 is 2.43 bits per heavy atom. The van der Waals surface area contributed by atoms with Crippen LogP contribution in [0.1, 0.15) is 16.1 Å². The summed E-state index contributed by atoms with van der Waals surface area (Å²) in [5.41, 5.74) is 2.47. The number of benzene rings is 2. The van der Waals surface area contributed by atoms with E-state index in [0.717, 1.165) is 11.1 Å². The number of likely N-dealkylation sites (tertiary alicyclic amines) is 1. The van der Waals surface area contributed by atoms with Crippen molar-refractivity contribution in [3.05, 3.63) is 83.3 Å². The van der Waals surface area contributed by atoms with Crippen LogP contribution in [0, 0.1) is 0 Å². The molecule has 3 aromatic rings. The number of amides is 1. The molecule has 0 saturated carbocycles. The van der Waals surface area contributed by atoms with E-state index in [2.05, 4.69) is 0 Å². The van der Waals surface area contributed by atoms with Gasteiger partial charge in [-0.2, -0.15) is 0 Å². The Hall–Kier alpha value is -2.57. The van der Waals surface area contributed by atoms with E-state index in [9.17, 15) is 13.2 Å². The third-order valence-corrected chi connectivity index (χ3v) is 7.09. The summed E-state index contributed by atoms with van der Waals surface area (Å²) in [6.07, 6.45) is 1.45. The molecule has 144 valence electrons. The first-order chi connectivity index (χ1) is 13.4. The van der Waals surface area contributed by atoms with E-state index in [-0.39, 0.29) is 24.7 Å². The average Bonchev–Trinajstić information content (AvgIpc) is 3.12. The Bertz CT molecular complexity index is 1090. The molecular weight excluding hydrogens is 398 g/mol. The molecule has 2 aromatic carbocycles. The summed E-state index contributed by atoms with van der Waals surface area (Å²) in [7, 11) is -3.34. The number of carbonyl (C=O) groups is 1. The minimum absolute atomic E-state index is 0.138. The SMILES string of the molecule is O=C(c1ccc(-c2cccc(Cl)c2)cc1)N1CC(S(=O)(=O)Cc2ccco2)C1. The molecule has 0 N–H and O–H groups in total. The molecule has 0 aliphatic carbocycles. The summed E-state index contributed by atoms with van der Waals surface area (Å²) in [5, 5.41) is 0.104. The maximum absolute atomic E-state index is 12.6. The molecular formula is C21H18ClNO4S. The van der Waals surface area contributed by atoms with Gasteiger partial charge < -0.3 is 9.32 Å². The topological polar surface area (TPSA) is 67.6 Å². The van der Waals surface area contributed by atoms with Gasteiger partial charge in [0.1, 0.15) is 11.5 Å². The quantitative estimate of drug-likeness (QED) is 0.630. The molecule has 1 aliphatic rings. The van der Waals surface area contributed by atoms with Crippen molar-refractivity contribution in [2.45, 2.75) is 11.0 Å². The van der Waals surface area contributed by atoms with Crippen LogP contribution in [0.4, 0.5) is 0 Å². The van der Waals surface area contributed by atoms with Crippen LogP contribution in [0.2, 0.25) is 5.02 Å². The van der Waals surface area contributed by atoms with Crippen LogP contribution in [-0.4, -0.2) is 37.6 Å². The van der Waals surface area contributed by atoms with Crippen LogP contribution >= 0.6 is 11.6 Å². The van der Waals surface area contributed by atoms with Crippen LogP contribution < -0.4 is 0 Å². The molecule has 4 rings (SSSR count). The zero-order valence-corrected chi connectivity index (χ0v) is 16.5. The van der Waals surface area contributed by atoms with Crippen LogP contribution in [0.5, 0.6) is 0 Å². The van der Waals surface area contributed by atoms with Gasteiger partial charge in [0.2, 0.25) is 0 Å². The monoisotopic (exact) mass is 415 g/mol. The summed E-state index contributed by atoms with van der Waals surface area (Å²) in [6.45, 7) is 0.413. The summed E-state index contributed by atoms with van der Waals surface area (Å²) in [4.78, 5) is 14.2. The molecule has 0 spiro atoms. The van der Waals surface area contributed by atoms with Crippen molar-refractivity contribution in [2.24, 2.45) is 0 Å². The number of furan rings is 1. The lowest BCUT2D eigenvalue weighted by Gasteiger charge is -2.38. The van der Waals surface area contributed by atoms with Gasteiger partial charge in [-0.05, 0) is 47.5 Å². The molecule has 0 unspecified atom stereocenters. The van der Waals surface area contributed by atoms with Gasteiger partial charge >= 0.3 is 0 Å². The van der Waals surface area contributed by atoms with E-state index < -0.39 is 15.1 Å². The second-order valence-electron chi connectivity index (χ2n) is 6.81. The fraction of sp³-hybridized carbons (Fsp3) is 0.190. The van der Waals surface area contributed by atoms with Crippen LogP contribution in [-0.2, 0) is 15.6 Å². The highest BCUT2D eigenvalue weighted by atomic mass is 35.5. The van der Waals surface area contributed by atoms with E-state index in [4.69, 9.17) is 16.0 Å². The number of carbonyl (C=O) groups excluding carboxylic acids is 1. The Kier molecular flexibility index (Phi) is 5.00. The Balaban J connectivity index is 1.39. The van der Waals surface area contributed by atoms with Crippen molar-refractivity contribution in [3.8, 4) is 11.1 Å². The molecule has 2 heterocycles. The van der Waals surface area contributed by atoms with Crippen molar-refractivity contribution in [2.75, 3.05) is 13.1 Å². The normalized spacial score (nSPS) is 14.7. The maximum atomic E-state index is 12.6. The molecule has 5 nitrogen and oxygen atoms in total. The van der Waals surface area contributed by atoms with Gasteiger partial charge in [0.15, 0.2) is 9.84 Å². The molecule has 7 heteroatoms. The highest BCUT2D eigenvalue weighted by molar-refractivity contribution is 7.91. The molecule has 0 radical (unpaired) electrons. The first kappa shape index (κ1) is 18.8. The fourth-order valence-corrected chi connectivity index (χ4v) is 5.00. The van der Waals surface area contributed by atoms with Crippen molar-refractivity contribution in [3.63, 3.8) is 0 Å². The standard InChI is InChI=1S/C21H18ClNO4S/c22-18-4-1-3-17(11-18)15-6-8-16(9-7-15)21(24)23-12-20(13-23)28(25,26)14-19-5-2-10-27-19/h1-11,20H,12-14H2. The minimum atomic E-state index is -3.34. The lowest BCUT2D eigenvalue weighted by Crippen LogP contribution is -2.57. The first-order valence-electron chi connectivity index (χ1n) is 8.81. The largest absolute Gasteiger partial charge is 0.468 e. The van der Waals surface area contributed by atoms with E-state index in [1.54, 1.807) is 29.2 Å². The van der Waals surface area contributed by atoms with Crippen molar-refractivity contribution in [1.29, 1.82) is 0 Å². The van der Waals surface area contributed by atoms with Crippen molar-refractivity contribution in [1.82, 2.24) is 4.90 Å². The molecule has 1 aliphatic heterocycles. The zero-order chi connectivity index (χ0) is 19.7. The second kappa shape index (κ2) is 7.45. The zero-order valence-electron chi connectivity index (χ0n) is 14.9. The van der Waals surface area contributed by atoms with Crippen LogP contribution in [0.15, 0.2) is 71.3 Å².